The van der Waals surface area contributed by atoms with Gasteiger partial charge in [0.2, 0.25) is 0 Å². The Balaban J connectivity index is 2.11. The third-order valence-corrected chi connectivity index (χ3v) is 2.29. The van der Waals surface area contributed by atoms with Crippen molar-refractivity contribution in [2.45, 2.75) is 12.6 Å². The van der Waals surface area contributed by atoms with E-state index < -0.39 is 12.1 Å². The van der Waals surface area contributed by atoms with E-state index in [4.69, 9.17) is 9.84 Å². The van der Waals surface area contributed by atoms with Gasteiger partial charge < -0.3 is 14.7 Å². The fraction of sp³-hybridized carbons (Fsp3) is 0.889. The molecule has 1 N–H and O–H groups in total. The summed E-state index contributed by atoms with van der Waals surface area (Å²) in [6.07, 6.45) is -4.26. The molecule has 0 aliphatic carbocycles. The molecule has 1 amide bonds. The largest absolute Gasteiger partial charge is 0.471 e. The van der Waals surface area contributed by atoms with Gasteiger partial charge in [-0.25, -0.2) is 0 Å². The Morgan fingerprint density at radius 2 is 2.06 bits per heavy atom. The molecule has 0 unspecified atom stereocenters. The highest BCUT2D eigenvalue weighted by Crippen LogP contribution is 2.24. The third kappa shape index (κ3) is 3.64. The first kappa shape index (κ1) is 13.2. The molecule has 1 rings (SSSR count). The van der Waals surface area contributed by atoms with Crippen LogP contribution in [0.2, 0.25) is 0 Å². The molecule has 94 valence electrons. The highest BCUT2D eigenvalue weighted by atomic mass is 19.4. The van der Waals surface area contributed by atoms with Crippen LogP contribution >= 0.6 is 0 Å². The molecule has 1 aliphatic heterocycles. The molecule has 16 heavy (non-hydrogen) atoms. The molecule has 4 nitrogen and oxygen atoms in total. The van der Waals surface area contributed by atoms with Crippen molar-refractivity contribution >= 4 is 5.91 Å². The maximum Gasteiger partial charge on any atom is 0.471 e. The normalized spacial score (nSPS) is 17.4. The maximum absolute atomic E-state index is 11.9. The van der Waals surface area contributed by atoms with Crippen LogP contribution < -0.4 is 0 Å². The molecular weight excluding hydrogens is 227 g/mol. The average Bonchev–Trinajstić information content (AvgIpc) is 2.12. The van der Waals surface area contributed by atoms with Crippen LogP contribution in [0, 0.1) is 5.92 Å². The topological polar surface area (TPSA) is 49.8 Å². The first-order valence-electron chi connectivity index (χ1n) is 5.00. The van der Waals surface area contributed by atoms with Crippen LogP contribution in [-0.2, 0) is 9.53 Å². The summed E-state index contributed by atoms with van der Waals surface area (Å²) in [7, 11) is 0. The Labute approximate surface area is 91.0 Å². The Kier molecular flexibility index (Phi) is 4.55. The van der Waals surface area contributed by atoms with Crippen LogP contribution in [0.5, 0.6) is 0 Å². The maximum atomic E-state index is 11.9. The van der Waals surface area contributed by atoms with Gasteiger partial charge in [-0.05, 0) is 6.42 Å². The molecular formula is C9H14F3NO3. The van der Waals surface area contributed by atoms with Gasteiger partial charge in [0.05, 0.1) is 6.61 Å². The second-order valence-electron chi connectivity index (χ2n) is 3.73. The number of aliphatic hydroxyl groups is 1. The standard InChI is InChI=1S/C9H14F3NO3/c10-9(11,12)8(15)13-4-7(5-13)6-16-3-1-2-14/h7,14H,1-6H2. The number of alkyl halides is 3. The summed E-state index contributed by atoms with van der Waals surface area (Å²) in [5.74, 6) is -1.80. The molecule has 0 atom stereocenters. The Bertz CT molecular complexity index is 239. The molecule has 0 bridgehead atoms. The van der Waals surface area contributed by atoms with E-state index in [1.165, 1.54) is 0 Å². The van der Waals surface area contributed by atoms with Crippen LogP contribution in [-0.4, -0.2) is 55.0 Å². The van der Waals surface area contributed by atoms with Crippen molar-refractivity contribution in [2.75, 3.05) is 32.9 Å². The molecule has 0 radical (unpaired) electrons. The zero-order chi connectivity index (χ0) is 12.2. The van der Waals surface area contributed by atoms with Crippen molar-refractivity contribution in [3.63, 3.8) is 0 Å². The van der Waals surface area contributed by atoms with Gasteiger partial charge in [0.15, 0.2) is 0 Å². The van der Waals surface area contributed by atoms with Crippen molar-refractivity contribution in [1.29, 1.82) is 0 Å². The quantitative estimate of drug-likeness (QED) is 0.709. The molecule has 0 aromatic heterocycles. The van der Waals surface area contributed by atoms with Crippen LogP contribution in [0.3, 0.4) is 0 Å². The summed E-state index contributed by atoms with van der Waals surface area (Å²) in [6, 6.07) is 0. The summed E-state index contributed by atoms with van der Waals surface area (Å²) in [5, 5.41) is 8.45. The van der Waals surface area contributed by atoms with Gasteiger partial charge in [0.1, 0.15) is 0 Å². The van der Waals surface area contributed by atoms with Crippen LogP contribution in [0.4, 0.5) is 13.2 Å². The Hall–Kier alpha value is -0.820. The molecule has 0 spiro atoms. The molecule has 7 heteroatoms. The molecule has 1 heterocycles. The second kappa shape index (κ2) is 5.49. The van der Waals surface area contributed by atoms with E-state index in [0.29, 0.717) is 19.6 Å². The van der Waals surface area contributed by atoms with Gasteiger partial charge in [-0.2, -0.15) is 13.2 Å². The number of halogens is 3. The minimum absolute atomic E-state index is 0.0232. The van der Waals surface area contributed by atoms with Gasteiger partial charge in [0, 0.05) is 32.2 Å². The SMILES string of the molecule is O=C(N1CC(COCCCO)C1)C(F)(F)F. The summed E-state index contributed by atoms with van der Waals surface area (Å²) in [5.41, 5.74) is 0. The fourth-order valence-electron chi connectivity index (χ4n) is 1.44. The summed E-state index contributed by atoms with van der Waals surface area (Å²) < 4.78 is 41.0. The van der Waals surface area contributed by atoms with Crippen molar-refractivity contribution in [3.8, 4) is 0 Å². The lowest BCUT2D eigenvalue weighted by Gasteiger charge is -2.39. The predicted molar refractivity (Wildman–Crippen MR) is 48.6 cm³/mol. The zero-order valence-corrected chi connectivity index (χ0v) is 8.66. The minimum atomic E-state index is -4.78. The summed E-state index contributed by atoms with van der Waals surface area (Å²) in [6.45, 7) is 0.945. The highest BCUT2D eigenvalue weighted by Gasteiger charge is 2.46. The summed E-state index contributed by atoms with van der Waals surface area (Å²) in [4.78, 5) is 11.5. The number of rotatable bonds is 5. The van der Waals surface area contributed by atoms with Gasteiger partial charge in [0.25, 0.3) is 0 Å². The lowest BCUT2D eigenvalue weighted by Crippen LogP contribution is -2.55. The van der Waals surface area contributed by atoms with Gasteiger partial charge in [-0.15, -0.1) is 0 Å². The Morgan fingerprint density at radius 1 is 1.44 bits per heavy atom. The highest BCUT2D eigenvalue weighted by molar-refractivity contribution is 5.82. The monoisotopic (exact) mass is 241 g/mol. The molecule has 0 aromatic carbocycles. The molecule has 1 aliphatic rings. The lowest BCUT2D eigenvalue weighted by atomic mass is 10.0. The van der Waals surface area contributed by atoms with E-state index in [9.17, 15) is 18.0 Å². The van der Waals surface area contributed by atoms with E-state index >= 15 is 0 Å². The number of likely N-dealkylation sites (tertiary alicyclic amines) is 1. The number of ether oxygens (including phenoxy) is 1. The van der Waals surface area contributed by atoms with E-state index in [1.54, 1.807) is 0 Å². The van der Waals surface area contributed by atoms with E-state index in [-0.39, 0.29) is 25.6 Å². The van der Waals surface area contributed by atoms with Crippen molar-refractivity contribution in [1.82, 2.24) is 4.90 Å². The zero-order valence-electron chi connectivity index (χ0n) is 8.66. The van der Waals surface area contributed by atoms with Crippen LogP contribution in [0.25, 0.3) is 0 Å². The fourth-order valence-corrected chi connectivity index (χ4v) is 1.44. The van der Waals surface area contributed by atoms with Crippen LogP contribution in [0.15, 0.2) is 0 Å². The third-order valence-electron chi connectivity index (χ3n) is 2.29. The van der Waals surface area contributed by atoms with Gasteiger partial charge >= 0.3 is 12.1 Å². The molecule has 1 fully saturated rings. The van der Waals surface area contributed by atoms with Crippen molar-refractivity contribution < 1.29 is 27.8 Å². The number of carbonyl (C=O) groups is 1. The predicted octanol–water partition coefficient (Wildman–Crippen LogP) is 0.406. The molecule has 1 saturated heterocycles. The number of aliphatic hydroxyl groups excluding tert-OH is 1. The first-order chi connectivity index (χ1) is 7.45. The minimum Gasteiger partial charge on any atom is -0.396 e. The number of amides is 1. The molecule has 0 saturated carbocycles. The van der Waals surface area contributed by atoms with Gasteiger partial charge in [-0.1, -0.05) is 0 Å². The van der Waals surface area contributed by atoms with Crippen molar-refractivity contribution in [2.24, 2.45) is 5.92 Å². The number of hydrogen-bond acceptors (Lipinski definition) is 3. The van der Waals surface area contributed by atoms with E-state index in [1.807, 2.05) is 0 Å². The van der Waals surface area contributed by atoms with Crippen LogP contribution in [0.1, 0.15) is 6.42 Å². The molecule has 0 aromatic rings. The van der Waals surface area contributed by atoms with Crippen molar-refractivity contribution in [3.05, 3.63) is 0 Å². The second-order valence-corrected chi connectivity index (χ2v) is 3.73. The number of carbonyl (C=O) groups excluding carboxylic acids is 1. The average molecular weight is 241 g/mol. The Morgan fingerprint density at radius 3 is 2.56 bits per heavy atom. The summed E-state index contributed by atoms with van der Waals surface area (Å²) >= 11 is 0. The number of hydrogen-bond donors (Lipinski definition) is 1. The first-order valence-corrected chi connectivity index (χ1v) is 5.00. The van der Waals surface area contributed by atoms with E-state index in [2.05, 4.69) is 0 Å². The number of nitrogens with zero attached hydrogens (tertiary/aromatic N) is 1. The van der Waals surface area contributed by atoms with E-state index in [0.717, 1.165) is 4.90 Å². The van der Waals surface area contributed by atoms with Gasteiger partial charge in [-0.3, -0.25) is 4.79 Å². The smallest absolute Gasteiger partial charge is 0.396 e. The lowest BCUT2D eigenvalue weighted by molar-refractivity contribution is -0.192.